The molecule has 0 aliphatic heterocycles. The third-order valence-corrected chi connectivity index (χ3v) is 9.37. The summed E-state index contributed by atoms with van der Waals surface area (Å²) in [6, 6.07) is 0. The minimum absolute atomic E-state index is 0.0670. The van der Waals surface area contributed by atoms with Crippen LogP contribution < -0.4 is 5.84 Å². The van der Waals surface area contributed by atoms with Crippen LogP contribution in [-0.2, 0) is 19.1 Å². The van der Waals surface area contributed by atoms with Gasteiger partial charge in [-0.3, -0.25) is 23.8 Å². The van der Waals surface area contributed by atoms with Gasteiger partial charge in [-0.05, 0) is 93.6 Å². The molecule has 3 unspecified atom stereocenters. The van der Waals surface area contributed by atoms with Gasteiger partial charge in [0.15, 0.2) is 5.78 Å². The number of hydrogen-bond acceptors (Lipinski definition) is 7. The van der Waals surface area contributed by atoms with Crippen LogP contribution in [0.1, 0.15) is 98.8 Å². The molecule has 0 saturated heterocycles. The summed E-state index contributed by atoms with van der Waals surface area (Å²) >= 11 is 0. The number of ether oxygens (including phenoxy) is 1. The predicted octanol–water partition coefficient (Wildman–Crippen LogP) is 5.96. The highest BCUT2D eigenvalue weighted by Gasteiger charge is 2.58. The number of rotatable bonds is 10. The van der Waals surface area contributed by atoms with Crippen LogP contribution in [0.2, 0.25) is 0 Å². The Bertz CT molecular complexity index is 1030. The third-order valence-electron chi connectivity index (χ3n) is 9.37. The van der Waals surface area contributed by atoms with Crippen LogP contribution in [0.25, 0.3) is 0 Å². The molecule has 4 N–H and O–H groups in total. The first-order valence-electron chi connectivity index (χ1n) is 16.4. The Hall–Kier alpha value is -2.43. The first-order chi connectivity index (χ1) is 21.2. The Kier molecular flexibility index (Phi) is 18.0. The number of carbonyl (C=O) groups excluding carboxylic acids is 3. The average Bonchev–Trinajstić information content (AvgIpc) is 3.31. The fraction of sp³-hybridized carbons (Fsp3) is 0.743. The monoisotopic (exact) mass is 640 g/mol. The van der Waals surface area contributed by atoms with Crippen molar-refractivity contribution in [3.63, 3.8) is 0 Å². The molecule has 10 heteroatoms. The van der Waals surface area contributed by atoms with Crippen molar-refractivity contribution in [2.24, 2.45) is 34.9 Å². The van der Waals surface area contributed by atoms with Crippen molar-refractivity contribution in [3.8, 4) is 0 Å². The van der Waals surface area contributed by atoms with E-state index in [2.05, 4.69) is 13.5 Å². The van der Waals surface area contributed by atoms with E-state index in [-0.39, 0.29) is 47.9 Å². The van der Waals surface area contributed by atoms with Crippen LogP contribution in [0.3, 0.4) is 0 Å². The molecule has 3 aliphatic rings. The van der Waals surface area contributed by atoms with E-state index in [1.807, 2.05) is 19.1 Å². The van der Waals surface area contributed by atoms with Crippen molar-refractivity contribution in [2.75, 3.05) is 20.3 Å². The summed E-state index contributed by atoms with van der Waals surface area (Å²) in [5.41, 5.74) is 0.865. The number of hydrogen-bond donors (Lipinski definition) is 3. The molecule has 258 valence electrons. The average molecular weight is 641 g/mol. The number of Topliss-reactive ketones (excluding diaryl/α,β-unsaturated/α-hetero) is 1. The molecule has 1 amide bonds. The molecular formula is C35H58F2N2O6. The lowest BCUT2D eigenvalue weighted by Gasteiger charge is -2.51. The summed E-state index contributed by atoms with van der Waals surface area (Å²) < 4.78 is 30.1. The molecule has 0 aromatic carbocycles. The number of hydrazine groups is 1. The molecule has 0 bridgehead atoms. The van der Waals surface area contributed by atoms with Gasteiger partial charge in [0.1, 0.15) is 19.3 Å². The van der Waals surface area contributed by atoms with Crippen LogP contribution in [0.15, 0.2) is 36.0 Å². The van der Waals surface area contributed by atoms with Gasteiger partial charge in [-0.2, -0.15) is 0 Å². The van der Waals surface area contributed by atoms with Gasteiger partial charge >= 0.3 is 5.97 Å². The second kappa shape index (κ2) is 19.9. The molecule has 0 spiro atoms. The van der Waals surface area contributed by atoms with Gasteiger partial charge in [0.05, 0.1) is 13.3 Å². The maximum absolute atomic E-state index is 15.3. The first kappa shape index (κ1) is 40.6. The number of carbonyl (C=O) groups is 3. The summed E-state index contributed by atoms with van der Waals surface area (Å²) in [4.78, 5) is 37.8. The van der Waals surface area contributed by atoms with E-state index in [0.29, 0.717) is 44.9 Å². The van der Waals surface area contributed by atoms with E-state index < -0.39 is 36.8 Å². The first-order valence-corrected chi connectivity index (χ1v) is 16.4. The van der Waals surface area contributed by atoms with Gasteiger partial charge in [-0.15, -0.1) is 0 Å². The van der Waals surface area contributed by atoms with Gasteiger partial charge in [0, 0.05) is 18.4 Å². The second-order valence-electron chi connectivity index (χ2n) is 13.2. The molecule has 45 heavy (non-hydrogen) atoms. The molecule has 0 aromatic heterocycles. The van der Waals surface area contributed by atoms with E-state index in [9.17, 15) is 23.9 Å². The fourth-order valence-corrected chi connectivity index (χ4v) is 7.25. The van der Waals surface area contributed by atoms with Crippen molar-refractivity contribution < 1.29 is 38.1 Å². The number of esters is 1. The Morgan fingerprint density at radius 3 is 2.44 bits per heavy atom. The minimum atomic E-state index is -1.14. The van der Waals surface area contributed by atoms with Crippen LogP contribution in [0.5, 0.6) is 0 Å². The van der Waals surface area contributed by atoms with Crippen LogP contribution in [0, 0.1) is 29.1 Å². The molecule has 0 radical (unpaired) electrons. The number of aliphatic hydroxyl groups is 2. The zero-order valence-corrected chi connectivity index (χ0v) is 28.3. The smallest absolute Gasteiger partial charge is 0.327 e. The van der Waals surface area contributed by atoms with E-state index in [1.165, 1.54) is 0 Å². The molecule has 0 aromatic rings. The zero-order valence-electron chi connectivity index (χ0n) is 28.3. The summed E-state index contributed by atoms with van der Waals surface area (Å²) in [7, 11) is 0.500. The Balaban J connectivity index is 0.00000156. The predicted molar refractivity (Wildman–Crippen MR) is 173 cm³/mol. The number of nitrogens with zero attached hydrogens (tertiary/aromatic N) is 1. The topological polar surface area (TPSA) is 130 Å². The molecular weight excluding hydrogens is 582 g/mol. The van der Waals surface area contributed by atoms with E-state index in [0.717, 1.165) is 36.3 Å². The maximum atomic E-state index is 15.3. The number of amides is 1. The largest absolute Gasteiger partial charge is 0.456 e. The molecule has 0 heterocycles. The Morgan fingerprint density at radius 2 is 1.82 bits per heavy atom. The molecule has 2 saturated carbocycles. The number of ketones is 1. The number of allylic oxidation sites excluding steroid dienone is 5. The fourth-order valence-electron chi connectivity index (χ4n) is 7.25. The summed E-state index contributed by atoms with van der Waals surface area (Å²) in [5.74, 6) is 4.05. The highest BCUT2D eigenvalue weighted by atomic mass is 19.1. The number of halogens is 2. The highest BCUT2D eigenvalue weighted by Crippen LogP contribution is 2.61. The second-order valence-corrected chi connectivity index (χ2v) is 13.2. The van der Waals surface area contributed by atoms with Crippen molar-refractivity contribution >= 4 is 17.7 Å². The van der Waals surface area contributed by atoms with Crippen LogP contribution in [-0.4, -0.2) is 71.6 Å². The van der Waals surface area contributed by atoms with Crippen LogP contribution in [0.4, 0.5) is 8.78 Å². The van der Waals surface area contributed by atoms with Crippen molar-refractivity contribution in [3.05, 3.63) is 36.0 Å². The minimum Gasteiger partial charge on any atom is -0.456 e. The third kappa shape index (κ3) is 12.4. The highest BCUT2D eigenvalue weighted by molar-refractivity contribution is 5.87. The standard InChI is InChI=1S/C31H47FN2O5.C3H8O.CH3F/c1-5-6-7-8-12-29(37)34(33)18-30(38)39-19-28(36)25-14-13-24-23-16-26(32)21(3)15-20(2)10-9-11-22(23)27(35)17-31(24,25)4;1-3(2)4;1-2/h9-10,15,22-27,35H,2,5-8,11-14,16-19,33H2,1,3-4H3;3-4H,1-2H3;1H3/b10-9-,21-15+;;/t22?,23-,24?,25?,26+,27+,31+;;/m1../s1. The SMILES string of the molecule is C=C1/C=C\CC2[C@@H](C[C@H](F)/C(C)=C/1)C1CCC(C(=O)COC(=O)CN(N)C(=O)CCCCCC)[C@@]1(C)C[C@@H]2O.CC(C)O.CF. The lowest BCUT2D eigenvalue weighted by molar-refractivity contribution is -0.155. The van der Waals surface area contributed by atoms with Gasteiger partial charge in [0.2, 0.25) is 5.91 Å². The summed E-state index contributed by atoms with van der Waals surface area (Å²) in [6.45, 7) is 12.5. The lowest BCUT2D eigenvalue weighted by atomic mass is 9.55. The Morgan fingerprint density at radius 1 is 1.18 bits per heavy atom. The van der Waals surface area contributed by atoms with Crippen molar-refractivity contribution in [1.29, 1.82) is 0 Å². The van der Waals surface area contributed by atoms with Gasteiger partial charge in [-0.1, -0.05) is 57.9 Å². The molecule has 7 atom stereocenters. The van der Waals surface area contributed by atoms with E-state index in [1.54, 1.807) is 26.8 Å². The quantitative estimate of drug-likeness (QED) is 0.0883. The van der Waals surface area contributed by atoms with Crippen molar-refractivity contribution in [1.82, 2.24) is 5.01 Å². The van der Waals surface area contributed by atoms with E-state index in [4.69, 9.17) is 15.7 Å². The van der Waals surface area contributed by atoms with Crippen LogP contribution >= 0.6 is 0 Å². The van der Waals surface area contributed by atoms with Gasteiger partial charge < -0.3 is 14.9 Å². The molecule has 3 aliphatic carbocycles. The normalized spacial score (nSPS) is 31.0. The molecule has 2 fully saturated rings. The summed E-state index contributed by atoms with van der Waals surface area (Å²) in [6.07, 6.45) is 10.5. The molecule has 8 nitrogen and oxygen atoms in total. The van der Waals surface area contributed by atoms with Gasteiger partial charge in [-0.25, -0.2) is 10.2 Å². The number of fused-ring (bicyclic) bond motifs is 3. The zero-order chi connectivity index (χ0) is 34.3. The Labute approximate surface area is 269 Å². The van der Waals surface area contributed by atoms with E-state index >= 15 is 4.39 Å². The number of aliphatic hydroxyl groups excluding tert-OH is 2. The number of alkyl halides is 2. The number of nitrogens with two attached hydrogens (primary N) is 1. The van der Waals surface area contributed by atoms with Gasteiger partial charge in [0.25, 0.3) is 0 Å². The van der Waals surface area contributed by atoms with Crippen molar-refractivity contribution in [2.45, 2.75) is 117 Å². The molecule has 3 rings (SSSR count). The lowest BCUT2D eigenvalue weighted by Crippen LogP contribution is -2.50. The maximum Gasteiger partial charge on any atom is 0.327 e. The summed E-state index contributed by atoms with van der Waals surface area (Å²) in [5, 5.41) is 20.1. The number of unbranched alkanes of at least 4 members (excludes halogenated alkanes) is 3.